The monoisotopic (exact) mass is 337 g/mol. The molecule has 0 aliphatic heterocycles. The molecule has 1 heterocycles. The second-order valence-electron chi connectivity index (χ2n) is 6.75. The number of phenols is 1. The summed E-state index contributed by atoms with van der Waals surface area (Å²) in [7, 11) is 0. The predicted octanol–water partition coefficient (Wildman–Crippen LogP) is 4.98. The van der Waals surface area contributed by atoms with Crippen molar-refractivity contribution in [2.24, 2.45) is 0 Å². The van der Waals surface area contributed by atoms with E-state index in [0.717, 1.165) is 56.9 Å². The molecule has 0 atom stereocenters. The van der Waals surface area contributed by atoms with Crippen LogP contribution < -0.4 is 0 Å². The lowest BCUT2D eigenvalue weighted by atomic mass is 9.89. The molecular weight excluding hydrogens is 310 g/mol. The fourth-order valence-corrected chi connectivity index (χ4v) is 3.80. The van der Waals surface area contributed by atoms with E-state index in [1.54, 1.807) is 12.3 Å². The number of aromatic hydroxyl groups is 1. The van der Waals surface area contributed by atoms with E-state index >= 15 is 0 Å². The Morgan fingerprint density at radius 1 is 0.960 bits per heavy atom. The smallest absolute Gasteiger partial charge is 0.123 e. The van der Waals surface area contributed by atoms with Gasteiger partial charge in [0, 0.05) is 24.6 Å². The number of aliphatic hydroxyl groups excluding tert-OH is 1. The maximum atomic E-state index is 10.6. The van der Waals surface area contributed by atoms with Crippen LogP contribution in [0.15, 0.2) is 42.7 Å². The topological polar surface area (TPSA) is 53.4 Å². The van der Waals surface area contributed by atoms with Crippen LogP contribution in [0.25, 0.3) is 11.1 Å². The first-order valence-corrected chi connectivity index (χ1v) is 9.35. The summed E-state index contributed by atoms with van der Waals surface area (Å²) < 4.78 is 0. The van der Waals surface area contributed by atoms with Crippen molar-refractivity contribution < 1.29 is 10.2 Å². The van der Waals surface area contributed by atoms with Gasteiger partial charge in [-0.1, -0.05) is 31.0 Å². The Morgan fingerprint density at radius 3 is 2.64 bits per heavy atom. The van der Waals surface area contributed by atoms with Crippen molar-refractivity contribution >= 4 is 11.1 Å². The maximum Gasteiger partial charge on any atom is 0.123 e. The van der Waals surface area contributed by atoms with Gasteiger partial charge in [-0.15, -0.1) is 0 Å². The highest BCUT2D eigenvalue weighted by Gasteiger charge is 2.21. The third-order valence-corrected chi connectivity index (χ3v) is 5.01. The Labute approximate surface area is 150 Å². The molecule has 0 radical (unpaired) electrons. The average molecular weight is 337 g/mol. The third kappa shape index (κ3) is 4.29. The molecule has 25 heavy (non-hydrogen) atoms. The number of benzene rings is 1. The van der Waals surface area contributed by atoms with Crippen LogP contribution in [0.1, 0.15) is 61.6 Å². The molecule has 0 saturated heterocycles. The Hall–Kier alpha value is -2.13. The van der Waals surface area contributed by atoms with Crippen LogP contribution in [0, 0.1) is 0 Å². The predicted molar refractivity (Wildman–Crippen MR) is 102 cm³/mol. The van der Waals surface area contributed by atoms with Crippen LogP contribution in [0.2, 0.25) is 0 Å². The van der Waals surface area contributed by atoms with Gasteiger partial charge >= 0.3 is 0 Å². The number of unbranched alkanes of at least 4 members (excludes halogenated alkanes) is 3. The number of fused-ring (bicyclic) bond motifs is 1. The Morgan fingerprint density at radius 2 is 1.84 bits per heavy atom. The van der Waals surface area contributed by atoms with Gasteiger partial charge in [0.1, 0.15) is 5.75 Å². The van der Waals surface area contributed by atoms with Crippen molar-refractivity contribution in [3.05, 3.63) is 59.4 Å². The first kappa shape index (κ1) is 17.7. The number of allylic oxidation sites excluding steroid dienone is 2. The molecule has 3 heteroatoms. The molecule has 1 aromatic heterocycles. The normalized spacial score (nSPS) is 14.3. The number of aromatic nitrogens is 1. The second kappa shape index (κ2) is 8.82. The summed E-state index contributed by atoms with van der Waals surface area (Å²) in [6.45, 7) is 0.271. The Kier molecular flexibility index (Phi) is 6.24. The molecule has 1 aliphatic rings. The molecule has 2 aromatic rings. The number of phenolic OH excluding ortho intramolecular Hbond substituents is 1. The molecule has 0 unspecified atom stereocenters. The first-order valence-electron chi connectivity index (χ1n) is 9.35. The molecule has 3 nitrogen and oxygen atoms in total. The molecule has 0 saturated carbocycles. The Bertz CT molecular complexity index is 722. The van der Waals surface area contributed by atoms with Gasteiger partial charge in [0.05, 0.1) is 0 Å². The van der Waals surface area contributed by atoms with Crippen LogP contribution in [-0.2, 0) is 6.42 Å². The number of hydrogen-bond acceptors (Lipinski definition) is 3. The Balaban J connectivity index is 1.98. The fraction of sp³-hybridized carbons (Fsp3) is 0.409. The zero-order chi connectivity index (χ0) is 17.5. The highest BCUT2D eigenvalue weighted by Crippen LogP contribution is 2.42. The molecule has 1 aliphatic carbocycles. The SMILES string of the molecule is OCCCCCCC1=C(c2cccnc2)CCCc2cccc(O)c21. The van der Waals surface area contributed by atoms with Gasteiger partial charge in [0.25, 0.3) is 0 Å². The van der Waals surface area contributed by atoms with E-state index in [9.17, 15) is 5.11 Å². The lowest BCUT2D eigenvalue weighted by Crippen LogP contribution is -1.96. The van der Waals surface area contributed by atoms with Crippen LogP contribution in [0.3, 0.4) is 0 Å². The van der Waals surface area contributed by atoms with Crippen molar-refractivity contribution in [3.8, 4) is 5.75 Å². The lowest BCUT2D eigenvalue weighted by molar-refractivity contribution is 0.282. The van der Waals surface area contributed by atoms with Crippen molar-refractivity contribution in [3.63, 3.8) is 0 Å². The number of pyridine rings is 1. The van der Waals surface area contributed by atoms with Crippen LogP contribution in [0.4, 0.5) is 0 Å². The van der Waals surface area contributed by atoms with Crippen molar-refractivity contribution in [2.45, 2.75) is 51.4 Å². The molecule has 0 spiro atoms. The highest BCUT2D eigenvalue weighted by atomic mass is 16.3. The molecule has 3 rings (SSSR count). The van der Waals surface area contributed by atoms with Gasteiger partial charge in [0.15, 0.2) is 0 Å². The summed E-state index contributed by atoms with van der Waals surface area (Å²) in [4.78, 5) is 4.30. The minimum absolute atomic E-state index is 0.271. The molecular formula is C22H27NO2. The first-order chi connectivity index (χ1) is 12.3. The van der Waals surface area contributed by atoms with E-state index < -0.39 is 0 Å². The molecule has 132 valence electrons. The number of hydrogen-bond donors (Lipinski definition) is 2. The number of rotatable bonds is 7. The van der Waals surface area contributed by atoms with Crippen molar-refractivity contribution in [1.82, 2.24) is 4.98 Å². The summed E-state index contributed by atoms with van der Waals surface area (Å²) in [6.07, 6.45) is 11.9. The maximum absolute atomic E-state index is 10.6. The van der Waals surface area contributed by atoms with Crippen LogP contribution in [-0.4, -0.2) is 21.8 Å². The van der Waals surface area contributed by atoms with E-state index in [1.807, 2.05) is 18.3 Å². The van der Waals surface area contributed by atoms with E-state index in [-0.39, 0.29) is 6.61 Å². The minimum atomic E-state index is 0.271. The summed E-state index contributed by atoms with van der Waals surface area (Å²) in [5.74, 6) is 0.395. The molecule has 2 N–H and O–H groups in total. The summed E-state index contributed by atoms with van der Waals surface area (Å²) in [5, 5.41) is 19.5. The minimum Gasteiger partial charge on any atom is -0.507 e. The second-order valence-corrected chi connectivity index (χ2v) is 6.75. The van der Waals surface area contributed by atoms with E-state index in [2.05, 4.69) is 17.1 Å². The van der Waals surface area contributed by atoms with Gasteiger partial charge in [-0.2, -0.15) is 0 Å². The molecule has 0 bridgehead atoms. The van der Waals surface area contributed by atoms with Gasteiger partial charge in [-0.05, 0) is 72.9 Å². The van der Waals surface area contributed by atoms with Gasteiger partial charge in [-0.25, -0.2) is 0 Å². The fourth-order valence-electron chi connectivity index (χ4n) is 3.80. The quantitative estimate of drug-likeness (QED) is 0.701. The number of aryl methyl sites for hydroxylation is 1. The molecule has 0 fully saturated rings. The van der Waals surface area contributed by atoms with E-state index in [4.69, 9.17) is 5.11 Å². The van der Waals surface area contributed by atoms with Crippen molar-refractivity contribution in [1.29, 1.82) is 0 Å². The van der Waals surface area contributed by atoms with Gasteiger partial charge in [-0.3, -0.25) is 4.98 Å². The van der Waals surface area contributed by atoms with E-state index in [0.29, 0.717) is 5.75 Å². The van der Waals surface area contributed by atoms with Crippen LogP contribution in [0.5, 0.6) is 5.75 Å². The molecule has 1 aromatic carbocycles. The zero-order valence-corrected chi connectivity index (χ0v) is 14.7. The van der Waals surface area contributed by atoms with Gasteiger partial charge < -0.3 is 10.2 Å². The molecule has 0 amide bonds. The van der Waals surface area contributed by atoms with Crippen molar-refractivity contribution in [2.75, 3.05) is 6.61 Å². The largest absolute Gasteiger partial charge is 0.507 e. The highest BCUT2D eigenvalue weighted by molar-refractivity contribution is 5.93. The summed E-state index contributed by atoms with van der Waals surface area (Å²) in [6, 6.07) is 10.0. The number of nitrogens with zero attached hydrogens (tertiary/aromatic N) is 1. The average Bonchev–Trinajstić information content (AvgIpc) is 2.83. The zero-order valence-electron chi connectivity index (χ0n) is 14.7. The van der Waals surface area contributed by atoms with Gasteiger partial charge in [0.2, 0.25) is 0 Å². The number of aliphatic hydroxyl groups is 1. The summed E-state index contributed by atoms with van der Waals surface area (Å²) in [5.41, 5.74) is 6.08. The summed E-state index contributed by atoms with van der Waals surface area (Å²) >= 11 is 0. The lowest BCUT2D eigenvalue weighted by Gasteiger charge is -2.17. The van der Waals surface area contributed by atoms with Crippen LogP contribution >= 0.6 is 0 Å². The third-order valence-electron chi connectivity index (χ3n) is 5.01. The van der Waals surface area contributed by atoms with E-state index in [1.165, 1.54) is 22.3 Å². The standard InChI is InChI=1S/C22H27NO2/c24-15-4-2-1-3-11-20-19(18-10-7-14-23-16-18)12-5-8-17-9-6-13-21(25)22(17)20/h6-7,9-10,13-14,16,24-25H,1-5,8,11-12,15H2.